The van der Waals surface area contributed by atoms with Crippen LogP contribution in [0.2, 0.25) is 4.34 Å². The van der Waals surface area contributed by atoms with Crippen LogP contribution < -0.4 is 5.32 Å². The van der Waals surface area contributed by atoms with Crippen molar-refractivity contribution in [3.05, 3.63) is 27.5 Å². The molecule has 0 aliphatic heterocycles. The van der Waals surface area contributed by atoms with Crippen LogP contribution in [0, 0.1) is 0 Å². The molecule has 80 valence electrons. The SMILES string of the molecule is CNCCc1nc(-c2cccs2)sc1Cl. The summed E-state index contributed by atoms with van der Waals surface area (Å²) in [4.78, 5) is 5.74. The van der Waals surface area contributed by atoms with E-state index in [-0.39, 0.29) is 0 Å². The van der Waals surface area contributed by atoms with Crippen molar-refractivity contribution in [2.75, 3.05) is 13.6 Å². The van der Waals surface area contributed by atoms with Crippen molar-refractivity contribution in [1.29, 1.82) is 0 Å². The van der Waals surface area contributed by atoms with E-state index in [1.165, 1.54) is 4.88 Å². The highest BCUT2D eigenvalue weighted by atomic mass is 35.5. The van der Waals surface area contributed by atoms with E-state index in [4.69, 9.17) is 11.6 Å². The van der Waals surface area contributed by atoms with Crippen molar-refractivity contribution in [2.45, 2.75) is 6.42 Å². The van der Waals surface area contributed by atoms with Gasteiger partial charge in [-0.05, 0) is 18.5 Å². The van der Waals surface area contributed by atoms with Gasteiger partial charge >= 0.3 is 0 Å². The van der Waals surface area contributed by atoms with E-state index in [1.54, 1.807) is 22.7 Å². The summed E-state index contributed by atoms with van der Waals surface area (Å²) in [6.07, 6.45) is 0.886. The zero-order valence-electron chi connectivity index (χ0n) is 8.29. The summed E-state index contributed by atoms with van der Waals surface area (Å²) in [7, 11) is 1.93. The van der Waals surface area contributed by atoms with E-state index in [0.29, 0.717) is 0 Å². The second-order valence-electron chi connectivity index (χ2n) is 3.07. The Labute approximate surface area is 102 Å². The summed E-state index contributed by atoms with van der Waals surface area (Å²) in [5.74, 6) is 0. The van der Waals surface area contributed by atoms with Gasteiger partial charge < -0.3 is 5.32 Å². The lowest BCUT2D eigenvalue weighted by Crippen LogP contribution is -2.10. The molecule has 2 rings (SSSR count). The molecule has 15 heavy (non-hydrogen) atoms. The van der Waals surface area contributed by atoms with Gasteiger partial charge in [-0.15, -0.1) is 22.7 Å². The fraction of sp³-hybridized carbons (Fsp3) is 0.300. The first-order chi connectivity index (χ1) is 7.31. The quantitative estimate of drug-likeness (QED) is 0.910. The Hall–Kier alpha value is -0.420. The highest BCUT2D eigenvalue weighted by Gasteiger charge is 2.10. The molecule has 0 aliphatic carbocycles. The number of aromatic nitrogens is 1. The normalized spacial score (nSPS) is 10.8. The number of halogens is 1. The number of thiazole rings is 1. The third kappa shape index (κ3) is 2.58. The van der Waals surface area contributed by atoms with E-state index in [0.717, 1.165) is 28.0 Å². The fourth-order valence-electron chi connectivity index (χ4n) is 1.24. The second kappa shape index (κ2) is 5.07. The van der Waals surface area contributed by atoms with Crippen molar-refractivity contribution >= 4 is 34.3 Å². The van der Waals surface area contributed by atoms with Crippen LogP contribution in [0.4, 0.5) is 0 Å². The number of nitrogens with one attached hydrogen (secondary N) is 1. The summed E-state index contributed by atoms with van der Waals surface area (Å²) in [6, 6.07) is 4.10. The fourth-order valence-corrected chi connectivity index (χ4v) is 3.23. The van der Waals surface area contributed by atoms with Crippen molar-refractivity contribution in [1.82, 2.24) is 10.3 Å². The topological polar surface area (TPSA) is 24.9 Å². The largest absolute Gasteiger partial charge is 0.319 e. The van der Waals surface area contributed by atoms with Crippen molar-refractivity contribution in [2.24, 2.45) is 0 Å². The second-order valence-corrected chi connectivity index (χ2v) is 5.62. The molecule has 0 saturated carbocycles. The van der Waals surface area contributed by atoms with Gasteiger partial charge in [0.05, 0.1) is 10.6 Å². The molecule has 2 heterocycles. The predicted octanol–water partition coefficient (Wildman–Crippen LogP) is 3.29. The molecule has 2 aromatic heterocycles. The lowest BCUT2D eigenvalue weighted by molar-refractivity contribution is 0.781. The van der Waals surface area contributed by atoms with Crippen LogP contribution in [0.3, 0.4) is 0 Å². The molecule has 0 aromatic carbocycles. The lowest BCUT2D eigenvalue weighted by atomic mass is 10.3. The molecule has 0 amide bonds. The van der Waals surface area contributed by atoms with E-state index in [2.05, 4.69) is 21.7 Å². The highest BCUT2D eigenvalue weighted by molar-refractivity contribution is 7.23. The molecular weight excluding hydrogens is 248 g/mol. The van der Waals surface area contributed by atoms with Gasteiger partial charge in [0.2, 0.25) is 0 Å². The molecule has 2 aromatic rings. The molecular formula is C10H11ClN2S2. The monoisotopic (exact) mass is 258 g/mol. The first-order valence-corrected chi connectivity index (χ1v) is 6.72. The minimum Gasteiger partial charge on any atom is -0.319 e. The van der Waals surface area contributed by atoms with Crippen LogP contribution in [-0.2, 0) is 6.42 Å². The zero-order chi connectivity index (χ0) is 10.7. The Balaban J connectivity index is 2.21. The van der Waals surface area contributed by atoms with Gasteiger partial charge in [-0.1, -0.05) is 17.7 Å². The number of hydrogen-bond donors (Lipinski definition) is 1. The molecule has 0 fully saturated rings. The van der Waals surface area contributed by atoms with Crippen LogP contribution in [0.5, 0.6) is 0 Å². The van der Waals surface area contributed by atoms with Gasteiger partial charge in [0.1, 0.15) is 9.34 Å². The van der Waals surface area contributed by atoms with Crippen molar-refractivity contribution in [3.8, 4) is 9.88 Å². The smallest absolute Gasteiger partial charge is 0.135 e. The average Bonchev–Trinajstić information content (AvgIpc) is 2.83. The molecule has 0 bridgehead atoms. The molecule has 0 radical (unpaired) electrons. The minimum atomic E-state index is 0.814. The molecule has 0 unspecified atom stereocenters. The number of thiophene rings is 1. The van der Waals surface area contributed by atoms with Crippen molar-refractivity contribution in [3.63, 3.8) is 0 Å². The van der Waals surface area contributed by atoms with E-state index in [1.807, 2.05) is 13.1 Å². The van der Waals surface area contributed by atoms with Gasteiger partial charge in [0.25, 0.3) is 0 Å². The maximum atomic E-state index is 6.13. The summed E-state index contributed by atoms with van der Waals surface area (Å²) >= 11 is 9.39. The van der Waals surface area contributed by atoms with Crippen LogP contribution >= 0.6 is 34.3 Å². The number of likely N-dealkylation sites (N-methyl/N-ethyl adjacent to an activating group) is 1. The number of hydrogen-bond acceptors (Lipinski definition) is 4. The van der Waals surface area contributed by atoms with Crippen molar-refractivity contribution < 1.29 is 0 Å². The Morgan fingerprint density at radius 3 is 3.07 bits per heavy atom. The molecule has 0 saturated heterocycles. The zero-order valence-corrected chi connectivity index (χ0v) is 10.7. The molecule has 2 nitrogen and oxygen atoms in total. The third-order valence-electron chi connectivity index (χ3n) is 1.99. The van der Waals surface area contributed by atoms with Crippen LogP contribution in [0.15, 0.2) is 17.5 Å². The van der Waals surface area contributed by atoms with Crippen LogP contribution in [0.1, 0.15) is 5.69 Å². The minimum absolute atomic E-state index is 0.814. The van der Waals surface area contributed by atoms with Gasteiger partial charge in [-0.3, -0.25) is 0 Å². The number of rotatable bonds is 4. The Kier molecular flexibility index (Phi) is 3.75. The van der Waals surface area contributed by atoms with Gasteiger partial charge in [-0.25, -0.2) is 4.98 Å². The number of nitrogens with zero attached hydrogens (tertiary/aromatic N) is 1. The van der Waals surface area contributed by atoms with Crippen LogP contribution in [-0.4, -0.2) is 18.6 Å². The third-order valence-corrected chi connectivity index (χ3v) is 4.37. The first kappa shape index (κ1) is 11.1. The summed E-state index contributed by atoms with van der Waals surface area (Å²) in [5.41, 5.74) is 0.999. The van der Waals surface area contributed by atoms with E-state index < -0.39 is 0 Å². The Bertz CT molecular complexity index is 423. The van der Waals surface area contributed by atoms with Gasteiger partial charge in [0, 0.05) is 13.0 Å². The molecule has 5 heteroatoms. The highest BCUT2D eigenvalue weighted by Crippen LogP contribution is 2.34. The molecule has 0 spiro atoms. The summed E-state index contributed by atoms with van der Waals surface area (Å²) in [5, 5.41) is 6.18. The maximum Gasteiger partial charge on any atom is 0.135 e. The van der Waals surface area contributed by atoms with E-state index >= 15 is 0 Å². The standard InChI is InChI=1S/C10H11ClN2S2/c1-12-5-4-7-9(11)15-10(13-7)8-3-2-6-14-8/h2-3,6,12H,4-5H2,1H3. The van der Waals surface area contributed by atoms with Crippen LogP contribution in [0.25, 0.3) is 9.88 Å². The Morgan fingerprint density at radius 2 is 2.40 bits per heavy atom. The first-order valence-electron chi connectivity index (χ1n) is 4.65. The molecule has 0 aliphatic rings. The van der Waals surface area contributed by atoms with Gasteiger partial charge in [0.15, 0.2) is 0 Å². The predicted molar refractivity (Wildman–Crippen MR) is 68.1 cm³/mol. The van der Waals surface area contributed by atoms with E-state index in [9.17, 15) is 0 Å². The molecule has 1 N–H and O–H groups in total. The van der Waals surface area contributed by atoms with Gasteiger partial charge in [-0.2, -0.15) is 0 Å². The average molecular weight is 259 g/mol. The Morgan fingerprint density at radius 1 is 1.53 bits per heavy atom. The summed E-state index contributed by atoms with van der Waals surface area (Å²) < 4.78 is 0.814. The lowest BCUT2D eigenvalue weighted by Gasteiger charge is -1.95. The molecule has 0 atom stereocenters. The summed E-state index contributed by atoms with van der Waals surface area (Å²) in [6.45, 7) is 0.910. The maximum absolute atomic E-state index is 6.13.